The first-order chi connectivity index (χ1) is 33.7. The molecule has 0 saturated heterocycles. The maximum absolute atomic E-state index is 2.51. The number of hydrogen-bond donors (Lipinski definition) is 0. The Balaban J connectivity index is 0.968. The van der Waals surface area contributed by atoms with Gasteiger partial charge in [-0.2, -0.15) is 0 Å². The van der Waals surface area contributed by atoms with Gasteiger partial charge in [-0.05, 0) is 156 Å². The predicted molar refractivity (Wildman–Crippen MR) is 285 cm³/mol. The fourth-order valence-corrected chi connectivity index (χ4v) is 12.1. The molecule has 3 aliphatic carbocycles. The molecule has 0 aromatic heterocycles. The molecule has 10 aromatic rings. The topological polar surface area (TPSA) is 3.24 Å². The average Bonchev–Trinajstić information content (AvgIpc) is 3.89. The van der Waals surface area contributed by atoms with E-state index in [0.717, 1.165) is 17.1 Å². The molecule has 1 unspecified atom stereocenters. The Morgan fingerprint density at radius 2 is 0.676 bits per heavy atom. The van der Waals surface area contributed by atoms with E-state index in [2.05, 4.69) is 248 Å². The zero-order valence-electron chi connectivity index (χ0n) is 38.2. The van der Waals surface area contributed by atoms with E-state index in [1.54, 1.807) is 0 Å². The smallest absolute Gasteiger partial charge is 0.0726 e. The van der Waals surface area contributed by atoms with Gasteiger partial charge >= 0.3 is 0 Å². The van der Waals surface area contributed by atoms with E-state index in [9.17, 15) is 0 Å². The molecule has 324 valence electrons. The summed E-state index contributed by atoms with van der Waals surface area (Å²) in [6.07, 6.45) is 6.70. The van der Waals surface area contributed by atoms with Crippen molar-refractivity contribution in [1.29, 1.82) is 0 Å². The SMILES string of the molecule is c1ccc(-c2ccc3c(c2)C2(c4ccccc4-3)c3ccccc3-c3ccc(N(c4ccc(-c5ccc(C6CCCCC6)cc5)cc4)c4ccc(-c5ccccc5-c5ccccc5)cc4)cc32)cc1. The summed E-state index contributed by atoms with van der Waals surface area (Å²) in [6.45, 7) is 0. The van der Waals surface area contributed by atoms with Gasteiger partial charge in [0.05, 0.1) is 5.41 Å². The van der Waals surface area contributed by atoms with Crippen molar-refractivity contribution >= 4 is 17.1 Å². The minimum absolute atomic E-state index is 0.497. The van der Waals surface area contributed by atoms with E-state index in [1.807, 2.05) is 0 Å². The van der Waals surface area contributed by atoms with Crippen LogP contribution in [-0.2, 0) is 5.41 Å². The lowest BCUT2D eigenvalue weighted by Crippen LogP contribution is -2.26. The van der Waals surface area contributed by atoms with Crippen molar-refractivity contribution in [2.75, 3.05) is 4.90 Å². The van der Waals surface area contributed by atoms with Gasteiger partial charge in [0.25, 0.3) is 0 Å². The highest BCUT2D eigenvalue weighted by atomic mass is 15.1. The third-order valence-electron chi connectivity index (χ3n) is 15.3. The first kappa shape index (κ1) is 40.3. The van der Waals surface area contributed by atoms with Crippen LogP contribution in [0.15, 0.2) is 243 Å². The summed E-state index contributed by atoms with van der Waals surface area (Å²) < 4.78 is 0. The van der Waals surface area contributed by atoms with E-state index in [4.69, 9.17) is 0 Å². The Kier molecular flexibility index (Phi) is 9.90. The Bertz CT molecular complexity index is 3440. The molecular formula is C67H51N. The van der Waals surface area contributed by atoms with Crippen molar-refractivity contribution < 1.29 is 0 Å². The summed E-state index contributed by atoms with van der Waals surface area (Å²) in [6, 6.07) is 90.8. The van der Waals surface area contributed by atoms with E-state index in [0.29, 0.717) is 5.92 Å². The summed E-state index contributed by atoms with van der Waals surface area (Å²) >= 11 is 0. The van der Waals surface area contributed by atoms with Gasteiger partial charge in [-0.15, -0.1) is 0 Å². The fraction of sp³-hybridized carbons (Fsp3) is 0.104. The second-order valence-electron chi connectivity index (χ2n) is 19.0. The predicted octanol–water partition coefficient (Wildman–Crippen LogP) is 18.2. The molecule has 1 atom stereocenters. The van der Waals surface area contributed by atoms with Crippen LogP contribution in [0.25, 0.3) is 66.8 Å². The van der Waals surface area contributed by atoms with Crippen LogP contribution >= 0.6 is 0 Å². The third kappa shape index (κ3) is 6.60. The van der Waals surface area contributed by atoms with Gasteiger partial charge in [0.2, 0.25) is 0 Å². The molecule has 0 bridgehead atoms. The van der Waals surface area contributed by atoms with E-state index >= 15 is 0 Å². The molecule has 0 aliphatic heterocycles. The number of nitrogens with zero attached hydrogens (tertiary/aromatic N) is 1. The van der Waals surface area contributed by atoms with Crippen molar-refractivity contribution in [2.24, 2.45) is 0 Å². The lowest BCUT2D eigenvalue weighted by Gasteiger charge is -2.32. The highest BCUT2D eigenvalue weighted by Gasteiger charge is 2.52. The maximum atomic E-state index is 2.51. The normalized spacial score (nSPS) is 15.6. The zero-order chi connectivity index (χ0) is 45.0. The molecule has 1 saturated carbocycles. The minimum atomic E-state index is -0.497. The summed E-state index contributed by atoms with van der Waals surface area (Å²) in [5.74, 6) is 0.697. The molecular weight excluding hydrogens is 819 g/mol. The van der Waals surface area contributed by atoms with Crippen LogP contribution in [0.5, 0.6) is 0 Å². The molecule has 0 radical (unpaired) electrons. The Hall–Kier alpha value is -8.00. The molecule has 1 nitrogen and oxygen atoms in total. The molecule has 3 aliphatic rings. The van der Waals surface area contributed by atoms with Crippen molar-refractivity contribution in [3.05, 3.63) is 270 Å². The molecule has 68 heavy (non-hydrogen) atoms. The van der Waals surface area contributed by atoms with Crippen molar-refractivity contribution in [3.63, 3.8) is 0 Å². The summed E-state index contributed by atoms with van der Waals surface area (Å²) in [7, 11) is 0. The number of rotatable bonds is 8. The second-order valence-corrected chi connectivity index (χ2v) is 19.0. The summed E-state index contributed by atoms with van der Waals surface area (Å²) in [4.78, 5) is 2.46. The third-order valence-corrected chi connectivity index (χ3v) is 15.3. The molecule has 13 rings (SSSR count). The fourth-order valence-electron chi connectivity index (χ4n) is 12.1. The van der Waals surface area contributed by atoms with Crippen molar-refractivity contribution in [1.82, 2.24) is 0 Å². The minimum Gasteiger partial charge on any atom is -0.310 e. The molecule has 1 heteroatoms. The molecule has 10 aromatic carbocycles. The number of benzene rings is 10. The Morgan fingerprint density at radius 3 is 1.26 bits per heavy atom. The monoisotopic (exact) mass is 869 g/mol. The highest BCUT2D eigenvalue weighted by Crippen LogP contribution is 2.64. The average molecular weight is 870 g/mol. The van der Waals surface area contributed by atoms with Gasteiger partial charge < -0.3 is 4.90 Å². The van der Waals surface area contributed by atoms with Crippen LogP contribution in [0.4, 0.5) is 17.1 Å². The van der Waals surface area contributed by atoms with E-state index in [-0.39, 0.29) is 0 Å². The van der Waals surface area contributed by atoms with Gasteiger partial charge in [0, 0.05) is 17.1 Å². The maximum Gasteiger partial charge on any atom is 0.0726 e. The van der Waals surface area contributed by atoms with Crippen LogP contribution < -0.4 is 4.90 Å². The summed E-state index contributed by atoms with van der Waals surface area (Å²) in [5, 5.41) is 0. The largest absolute Gasteiger partial charge is 0.310 e. The van der Waals surface area contributed by atoms with E-state index < -0.39 is 5.41 Å². The molecule has 0 N–H and O–H groups in total. The molecule has 1 spiro atoms. The van der Waals surface area contributed by atoms with Crippen LogP contribution in [-0.4, -0.2) is 0 Å². The number of hydrogen-bond acceptors (Lipinski definition) is 1. The quantitative estimate of drug-likeness (QED) is 0.147. The first-order valence-electron chi connectivity index (χ1n) is 24.5. The van der Waals surface area contributed by atoms with Crippen molar-refractivity contribution in [3.8, 4) is 66.8 Å². The lowest BCUT2D eigenvalue weighted by atomic mass is 9.70. The molecule has 0 amide bonds. The second kappa shape index (κ2) is 16.7. The number of anilines is 3. The highest BCUT2D eigenvalue weighted by molar-refractivity contribution is 5.97. The molecule has 1 fully saturated rings. The van der Waals surface area contributed by atoms with Crippen LogP contribution in [0.3, 0.4) is 0 Å². The first-order valence-corrected chi connectivity index (χ1v) is 24.5. The van der Waals surface area contributed by atoms with Gasteiger partial charge in [-0.25, -0.2) is 0 Å². The Morgan fingerprint density at radius 1 is 0.279 bits per heavy atom. The van der Waals surface area contributed by atoms with Crippen LogP contribution in [0, 0.1) is 0 Å². The standard InChI is InChI=1S/C67H51N/c1-4-16-46(17-5-1)48-28-30-49(31-29-48)50-32-37-54(38-33-50)68(55-39-34-52(35-40-55)58-23-11-10-22-57(58)51-20-8-3-9-21-51)56-41-43-62-60-25-13-15-27-64(60)67(66(62)45-56)63-26-14-12-24-59(63)61-42-36-53(44-65(61)67)47-18-6-2-7-19-47/h2-3,6-15,18-46H,1,4-5,16-17H2. The van der Waals surface area contributed by atoms with Gasteiger partial charge in [-0.1, -0.05) is 219 Å². The van der Waals surface area contributed by atoms with Gasteiger partial charge in [-0.3, -0.25) is 0 Å². The van der Waals surface area contributed by atoms with Gasteiger partial charge in [0.15, 0.2) is 0 Å². The van der Waals surface area contributed by atoms with Gasteiger partial charge in [0.1, 0.15) is 0 Å². The van der Waals surface area contributed by atoms with Crippen LogP contribution in [0.2, 0.25) is 0 Å². The van der Waals surface area contributed by atoms with Crippen molar-refractivity contribution in [2.45, 2.75) is 43.4 Å². The molecule has 0 heterocycles. The van der Waals surface area contributed by atoms with E-state index in [1.165, 1.54) is 127 Å². The summed E-state index contributed by atoms with van der Waals surface area (Å²) in [5.41, 5.74) is 24.7. The van der Waals surface area contributed by atoms with Crippen LogP contribution in [0.1, 0.15) is 65.8 Å². The Labute approximate surface area is 400 Å². The number of fused-ring (bicyclic) bond motifs is 10. The lowest BCUT2D eigenvalue weighted by molar-refractivity contribution is 0.443. The zero-order valence-corrected chi connectivity index (χ0v) is 38.2.